The van der Waals surface area contributed by atoms with Gasteiger partial charge in [-0.05, 0) is 18.2 Å². The maximum Gasteiger partial charge on any atom is 0.341 e. The molecule has 0 aromatic heterocycles. The average molecular weight is 254 g/mol. The van der Waals surface area contributed by atoms with E-state index in [4.69, 9.17) is 9.47 Å². The third-order valence-electron chi connectivity index (χ3n) is 2.14. The number of ether oxygens (including phenoxy) is 4. The van der Waals surface area contributed by atoms with Crippen molar-refractivity contribution in [1.29, 1.82) is 0 Å². The normalized spacial score (nSPS) is 9.72. The Morgan fingerprint density at radius 3 is 2.28 bits per heavy atom. The smallest absolute Gasteiger partial charge is 0.341 e. The highest BCUT2D eigenvalue weighted by Gasteiger charge is 2.17. The Morgan fingerprint density at radius 2 is 1.72 bits per heavy atom. The summed E-state index contributed by atoms with van der Waals surface area (Å²) in [4.78, 5) is 22.9. The monoisotopic (exact) mass is 254 g/mol. The van der Waals surface area contributed by atoms with E-state index < -0.39 is 11.9 Å². The summed E-state index contributed by atoms with van der Waals surface area (Å²) in [6.07, 6.45) is 0. The number of methoxy groups -OCH3 is 3. The van der Waals surface area contributed by atoms with Crippen molar-refractivity contribution in [3.63, 3.8) is 0 Å². The average Bonchev–Trinajstić information content (AvgIpc) is 2.43. The summed E-state index contributed by atoms with van der Waals surface area (Å²) in [5.74, 6) is -0.873. The van der Waals surface area contributed by atoms with Crippen LogP contribution in [0, 0.1) is 0 Å². The number of esters is 2. The molecule has 0 heterocycles. The van der Waals surface area contributed by atoms with Gasteiger partial charge in [0.2, 0.25) is 0 Å². The number of carbonyl (C=O) groups excluding carboxylic acids is 2. The Balaban J connectivity index is 3.11. The first-order chi connectivity index (χ1) is 8.63. The van der Waals surface area contributed by atoms with Gasteiger partial charge in [0.25, 0.3) is 0 Å². The standard InChI is InChI=1S/C12H14O6/c1-15-7-18-10-5-4-8(11(13)16-2)6-9(10)12(14)17-3/h4-6H,7H2,1-3H3. The largest absolute Gasteiger partial charge is 0.467 e. The van der Waals surface area contributed by atoms with Crippen LogP contribution < -0.4 is 4.74 Å². The Kier molecular flexibility index (Phi) is 5.13. The first-order valence-corrected chi connectivity index (χ1v) is 5.06. The molecule has 0 saturated heterocycles. The van der Waals surface area contributed by atoms with Crippen molar-refractivity contribution in [2.24, 2.45) is 0 Å². The topological polar surface area (TPSA) is 71.1 Å². The van der Waals surface area contributed by atoms with Crippen molar-refractivity contribution in [3.05, 3.63) is 29.3 Å². The number of rotatable bonds is 5. The van der Waals surface area contributed by atoms with Crippen LogP contribution in [0.15, 0.2) is 18.2 Å². The molecule has 0 fully saturated rings. The number of benzene rings is 1. The summed E-state index contributed by atoms with van der Waals surface area (Å²) >= 11 is 0. The first-order valence-electron chi connectivity index (χ1n) is 5.06. The highest BCUT2D eigenvalue weighted by molar-refractivity contribution is 5.97. The van der Waals surface area contributed by atoms with Crippen LogP contribution in [0.4, 0.5) is 0 Å². The molecule has 0 aliphatic rings. The van der Waals surface area contributed by atoms with Crippen LogP contribution in [0.2, 0.25) is 0 Å². The molecule has 0 saturated carbocycles. The predicted molar refractivity (Wildman–Crippen MR) is 61.6 cm³/mol. The van der Waals surface area contributed by atoms with E-state index in [1.807, 2.05) is 0 Å². The minimum absolute atomic E-state index is 0.0123. The molecule has 1 aromatic carbocycles. The van der Waals surface area contributed by atoms with Gasteiger partial charge in [-0.1, -0.05) is 0 Å². The van der Waals surface area contributed by atoms with Crippen molar-refractivity contribution < 1.29 is 28.5 Å². The van der Waals surface area contributed by atoms with Gasteiger partial charge < -0.3 is 18.9 Å². The third kappa shape index (κ3) is 3.21. The van der Waals surface area contributed by atoms with Gasteiger partial charge >= 0.3 is 11.9 Å². The lowest BCUT2D eigenvalue weighted by molar-refractivity contribution is 0.0464. The van der Waals surface area contributed by atoms with Crippen molar-refractivity contribution in [2.45, 2.75) is 0 Å². The van der Waals surface area contributed by atoms with Gasteiger partial charge in [-0.3, -0.25) is 0 Å². The summed E-state index contributed by atoms with van der Waals surface area (Å²) < 4.78 is 19.1. The molecule has 1 rings (SSSR count). The molecular weight excluding hydrogens is 240 g/mol. The summed E-state index contributed by atoms with van der Waals surface area (Å²) in [6, 6.07) is 4.32. The van der Waals surface area contributed by atoms with E-state index >= 15 is 0 Å². The minimum Gasteiger partial charge on any atom is -0.467 e. The zero-order valence-electron chi connectivity index (χ0n) is 10.4. The highest BCUT2D eigenvalue weighted by atomic mass is 16.7. The van der Waals surface area contributed by atoms with Crippen LogP contribution in [0.1, 0.15) is 20.7 Å². The highest BCUT2D eigenvalue weighted by Crippen LogP contribution is 2.21. The molecule has 0 radical (unpaired) electrons. The predicted octanol–water partition coefficient (Wildman–Crippen LogP) is 1.24. The molecule has 1 aromatic rings. The van der Waals surface area contributed by atoms with E-state index in [0.29, 0.717) is 0 Å². The zero-order chi connectivity index (χ0) is 13.5. The molecule has 0 unspecified atom stereocenters. The third-order valence-corrected chi connectivity index (χ3v) is 2.14. The molecule has 0 amide bonds. The van der Waals surface area contributed by atoms with Gasteiger partial charge in [-0.25, -0.2) is 9.59 Å². The molecule has 0 aliphatic carbocycles. The van der Waals surface area contributed by atoms with E-state index in [2.05, 4.69) is 9.47 Å². The molecule has 0 aliphatic heterocycles. The SMILES string of the molecule is COCOc1ccc(C(=O)OC)cc1C(=O)OC. The number of carbonyl (C=O) groups is 2. The van der Waals surface area contributed by atoms with Crippen LogP contribution in [0.5, 0.6) is 5.75 Å². The van der Waals surface area contributed by atoms with Gasteiger partial charge in [0.15, 0.2) is 6.79 Å². The van der Waals surface area contributed by atoms with Crippen LogP contribution in [0.3, 0.4) is 0 Å². The van der Waals surface area contributed by atoms with Gasteiger partial charge in [0, 0.05) is 7.11 Å². The lowest BCUT2D eigenvalue weighted by Gasteiger charge is -2.10. The van der Waals surface area contributed by atoms with Gasteiger partial charge in [-0.2, -0.15) is 0 Å². The second-order valence-corrected chi connectivity index (χ2v) is 3.24. The van der Waals surface area contributed by atoms with Crippen molar-refractivity contribution >= 4 is 11.9 Å². The molecule has 0 spiro atoms. The molecule has 6 heteroatoms. The minimum atomic E-state index is -0.605. The number of hydrogen-bond donors (Lipinski definition) is 0. The molecule has 0 atom stereocenters. The Hall–Kier alpha value is -2.08. The van der Waals surface area contributed by atoms with Gasteiger partial charge in [-0.15, -0.1) is 0 Å². The van der Waals surface area contributed by atoms with Crippen LogP contribution in [-0.2, 0) is 14.2 Å². The summed E-state index contributed by atoms with van der Waals surface area (Å²) in [5.41, 5.74) is 0.375. The summed E-state index contributed by atoms with van der Waals surface area (Å²) in [7, 11) is 3.96. The number of hydrogen-bond acceptors (Lipinski definition) is 6. The maximum atomic E-state index is 11.6. The second-order valence-electron chi connectivity index (χ2n) is 3.24. The molecule has 18 heavy (non-hydrogen) atoms. The van der Waals surface area contributed by atoms with Crippen molar-refractivity contribution in [3.8, 4) is 5.75 Å². The lowest BCUT2D eigenvalue weighted by Crippen LogP contribution is -2.10. The molecule has 0 N–H and O–H groups in total. The van der Waals surface area contributed by atoms with E-state index in [0.717, 1.165) is 0 Å². The van der Waals surface area contributed by atoms with E-state index in [-0.39, 0.29) is 23.7 Å². The first kappa shape index (κ1) is 14.0. The van der Waals surface area contributed by atoms with E-state index in [1.165, 1.54) is 39.5 Å². The fourth-order valence-electron chi connectivity index (χ4n) is 1.29. The Labute approximate surface area is 104 Å². The maximum absolute atomic E-state index is 11.6. The van der Waals surface area contributed by atoms with Gasteiger partial charge in [0.05, 0.1) is 19.8 Å². The summed E-state index contributed by atoms with van der Waals surface area (Å²) in [6.45, 7) is -0.0123. The van der Waals surface area contributed by atoms with E-state index in [1.54, 1.807) is 0 Å². The Bertz CT molecular complexity index is 440. The van der Waals surface area contributed by atoms with Crippen LogP contribution in [0.25, 0.3) is 0 Å². The molecule has 6 nitrogen and oxygen atoms in total. The molecular formula is C12H14O6. The molecule has 98 valence electrons. The fraction of sp³-hybridized carbons (Fsp3) is 0.333. The van der Waals surface area contributed by atoms with Gasteiger partial charge in [0.1, 0.15) is 11.3 Å². The summed E-state index contributed by atoms with van der Waals surface area (Å²) in [5, 5.41) is 0. The quantitative estimate of drug-likeness (QED) is 0.581. The fourth-order valence-corrected chi connectivity index (χ4v) is 1.29. The van der Waals surface area contributed by atoms with Crippen molar-refractivity contribution in [1.82, 2.24) is 0 Å². The van der Waals surface area contributed by atoms with Crippen LogP contribution in [-0.4, -0.2) is 40.1 Å². The van der Waals surface area contributed by atoms with E-state index in [9.17, 15) is 9.59 Å². The lowest BCUT2D eigenvalue weighted by atomic mass is 10.1. The Morgan fingerprint density at radius 1 is 1.06 bits per heavy atom. The van der Waals surface area contributed by atoms with Crippen molar-refractivity contribution in [2.75, 3.05) is 28.1 Å². The molecule has 0 bridgehead atoms. The second kappa shape index (κ2) is 6.61. The zero-order valence-corrected chi connectivity index (χ0v) is 10.4. The van der Waals surface area contributed by atoms with Crippen LogP contribution >= 0.6 is 0 Å².